The second-order valence-electron chi connectivity index (χ2n) is 22.4. The second kappa shape index (κ2) is 25.8. The molecule has 0 amide bonds. The summed E-state index contributed by atoms with van der Waals surface area (Å²) in [6.07, 6.45) is -7.03. The first-order chi connectivity index (χ1) is 35.3. The number of phenols is 1. The van der Waals surface area contributed by atoms with Gasteiger partial charge in [-0.3, -0.25) is 9.41 Å². The van der Waals surface area contributed by atoms with Crippen molar-refractivity contribution in [3.05, 3.63) is 190 Å². The molecule has 0 fully saturated rings. The highest BCUT2D eigenvalue weighted by molar-refractivity contribution is 7.84. The van der Waals surface area contributed by atoms with Gasteiger partial charge in [-0.15, -0.1) is 0 Å². The molecule has 0 saturated carbocycles. The molecule has 0 heterocycles. The number of rotatable bonds is 18. The summed E-state index contributed by atoms with van der Waals surface area (Å²) in [5.41, 5.74) is -0.879. The predicted molar refractivity (Wildman–Crippen MR) is 297 cm³/mol. The molecule has 8 nitrogen and oxygen atoms in total. The van der Waals surface area contributed by atoms with E-state index in [0.717, 1.165) is 42.0 Å². The number of ether oxygens (including phenoxy) is 2. The minimum absolute atomic E-state index is 0. The number of alkyl halides is 4. The Hall–Kier alpha value is -5.74. The lowest BCUT2D eigenvalue weighted by molar-refractivity contribution is -0.160. The summed E-state index contributed by atoms with van der Waals surface area (Å²) >= 11 is 0. The van der Waals surface area contributed by atoms with E-state index in [1.54, 1.807) is 77.9 Å². The molecule has 0 aromatic heterocycles. The van der Waals surface area contributed by atoms with Gasteiger partial charge in [0.1, 0.15) is 28.9 Å². The Morgan fingerprint density at radius 3 is 1.19 bits per heavy atom. The maximum atomic E-state index is 15.9. The molecule has 6 aromatic carbocycles. The van der Waals surface area contributed by atoms with Crippen LogP contribution in [0.4, 0.5) is 44.5 Å². The van der Waals surface area contributed by atoms with Crippen LogP contribution in [0.3, 0.4) is 0 Å². The average Bonchev–Trinajstić information content (AvgIpc) is 3.28. The molecular formula is C58H70F10N2O6S2Si. The molecular weight excluding hydrogens is 1100 g/mol. The first kappa shape index (κ1) is 67.5. The molecule has 0 bridgehead atoms. The summed E-state index contributed by atoms with van der Waals surface area (Å²) in [6.45, 7) is 21.7. The van der Waals surface area contributed by atoms with Gasteiger partial charge in [0.25, 0.3) is 8.32 Å². The third kappa shape index (κ3) is 18.1. The van der Waals surface area contributed by atoms with Crippen molar-refractivity contribution in [1.29, 1.82) is 0 Å². The lowest BCUT2D eigenvalue weighted by Gasteiger charge is -2.39. The van der Waals surface area contributed by atoms with Gasteiger partial charge in [0, 0.05) is 26.0 Å². The maximum Gasteiger partial charge on any atom is 0.394 e. The smallest absolute Gasteiger partial charge is 0.394 e. The Bertz CT molecular complexity index is 3040. The summed E-state index contributed by atoms with van der Waals surface area (Å²) in [4.78, 5) is 0. The zero-order valence-corrected chi connectivity index (χ0v) is 48.9. The van der Waals surface area contributed by atoms with E-state index in [0.29, 0.717) is 25.0 Å². The number of benzene rings is 6. The van der Waals surface area contributed by atoms with Gasteiger partial charge in [-0.2, -0.15) is 17.6 Å². The molecule has 6 aromatic rings. The van der Waals surface area contributed by atoms with Crippen molar-refractivity contribution in [3.63, 3.8) is 0 Å². The van der Waals surface area contributed by atoms with Crippen LogP contribution < -0.4 is 23.3 Å². The number of aromatic hydroxyl groups is 1. The van der Waals surface area contributed by atoms with E-state index in [1.807, 2.05) is 64.2 Å². The lowest BCUT2D eigenvalue weighted by Crippen LogP contribution is -2.50. The lowest BCUT2D eigenvalue weighted by atomic mass is 9.78. The molecule has 79 heavy (non-hydrogen) atoms. The summed E-state index contributed by atoms with van der Waals surface area (Å²) in [5, 5.41) is 9.60. The highest BCUT2D eigenvalue weighted by Gasteiger charge is 2.44. The van der Waals surface area contributed by atoms with Gasteiger partial charge in [0.05, 0.1) is 42.5 Å². The third-order valence-corrected chi connectivity index (χ3v) is 20.3. The molecule has 4 atom stereocenters. The molecule has 434 valence electrons. The molecule has 0 spiro atoms. The van der Waals surface area contributed by atoms with Gasteiger partial charge in [-0.25, -0.2) is 35.4 Å². The van der Waals surface area contributed by atoms with Crippen LogP contribution in [0, 0.1) is 23.3 Å². The first-order valence-electron chi connectivity index (χ1n) is 24.5. The van der Waals surface area contributed by atoms with E-state index < -0.39 is 104 Å². The van der Waals surface area contributed by atoms with Crippen LogP contribution in [0.25, 0.3) is 0 Å². The number of nitrogens with one attached hydrogen (secondary N) is 2. The van der Waals surface area contributed by atoms with Crippen LogP contribution >= 0.6 is 0 Å². The molecule has 0 saturated heterocycles. The number of hydrogen-bond acceptors (Lipinski definition) is 6. The molecule has 0 aliphatic carbocycles. The summed E-state index contributed by atoms with van der Waals surface area (Å²) in [5.74, 6) is -4.71. The number of halogens is 10. The van der Waals surface area contributed by atoms with Gasteiger partial charge >= 0.3 is 12.2 Å². The van der Waals surface area contributed by atoms with Crippen LogP contribution in [-0.4, -0.2) is 43.6 Å². The van der Waals surface area contributed by atoms with Gasteiger partial charge in [0.15, 0.2) is 17.4 Å². The quantitative estimate of drug-likeness (QED) is 0.0585. The first-order valence-corrected chi connectivity index (χ1v) is 29.7. The standard InChI is InChI=1S/C32H41F4NO3SSi.C26H27F4NO3S.2FH/c1-29(2,3)41(38)37-32(21-22-13-11-10-12-14-22,24-17-25(33)20-26(18-24)39-31(7,35)36)23-15-16-28(27(34)19-23)40-42(8,9)30(4,5)6;1-24(2,3)35(33)31-26(16-17-8-6-5-7-9-17,18-10-11-23(32)22(28)14-18)19-12-20(27)15-21(13-19)34-25(4,29)30;;/h10-20,37H,21H2,1-9H3;5-15,31-32H,16H2,1-4H3;2*1H/t32-,41-;26-,35-;;/m11../s1. The van der Waals surface area contributed by atoms with Crippen molar-refractivity contribution < 1.29 is 72.0 Å². The van der Waals surface area contributed by atoms with E-state index >= 15 is 8.78 Å². The van der Waals surface area contributed by atoms with Crippen molar-refractivity contribution in [2.24, 2.45) is 0 Å². The van der Waals surface area contributed by atoms with E-state index in [4.69, 9.17) is 9.16 Å². The van der Waals surface area contributed by atoms with Crippen molar-refractivity contribution >= 4 is 30.3 Å². The summed E-state index contributed by atoms with van der Waals surface area (Å²) in [7, 11) is -5.93. The Kier molecular flexibility index (Phi) is 22.1. The van der Waals surface area contributed by atoms with Crippen molar-refractivity contribution in [3.8, 4) is 23.0 Å². The van der Waals surface area contributed by atoms with E-state index in [1.165, 1.54) is 30.3 Å². The second-order valence-corrected chi connectivity index (χ2v) is 31.1. The molecule has 21 heteroatoms. The van der Waals surface area contributed by atoms with E-state index in [2.05, 4.69) is 14.2 Å². The third-order valence-electron chi connectivity index (χ3n) is 12.6. The van der Waals surface area contributed by atoms with Gasteiger partial charge in [0.2, 0.25) is 0 Å². The highest BCUT2D eigenvalue weighted by Crippen LogP contribution is 2.43. The SMILES string of the molecule is CC(F)(F)Oc1cc(F)cc([C@](Cc2ccccc2)(N[S@](=O)C(C)(C)C)c2ccc(O)c(F)c2)c1.CC(F)(F)Oc1cc(F)cc([C@](Cc2ccccc2)(N[S@](=O)C(C)(C)C)c2ccc(O[Si](C)(C)C(C)(C)C)c(F)c2)c1.F.F. The van der Waals surface area contributed by atoms with Crippen LogP contribution in [0.1, 0.15) is 110 Å². The monoisotopic (exact) mass is 1170 g/mol. The Balaban J connectivity index is 0.000000411. The highest BCUT2D eigenvalue weighted by atomic mass is 32.2. The van der Waals surface area contributed by atoms with Crippen molar-refractivity contribution in [2.45, 2.75) is 140 Å². The zero-order chi connectivity index (χ0) is 57.7. The number of phenolic OH excluding ortho intramolecular Hbond substituents is 1. The van der Waals surface area contributed by atoms with Gasteiger partial charge in [-0.05, 0) is 154 Å². The fourth-order valence-corrected chi connectivity index (χ4v) is 10.6. The van der Waals surface area contributed by atoms with Crippen molar-refractivity contribution in [2.75, 3.05) is 0 Å². The summed E-state index contributed by atoms with van der Waals surface area (Å²) < 4.78 is 163. The minimum Gasteiger partial charge on any atom is -0.542 e. The fraction of sp³-hybridized carbons (Fsp3) is 0.379. The minimum atomic E-state index is -3.58. The zero-order valence-electron chi connectivity index (χ0n) is 46.3. The normalized spacial score (nSPS) is 14.6. The van der Waals surface area contributed by atoms with Crippen LogP contribution in [0.15, 0.2) is 133 Å². The Morgan fingerprint density at radius 1 is 0.494 bits per heavy atom. The van der Waals surface area contributed by atoms with Gasteiger partial charge < -0.3 is 19.0 Å². The topological polar surface area (TPSA) is 106 Å². The molecule has 3 N–H and O–H groups in total. The van der Waals surface area contributed by atoms with Crippen LogP contribution in [-0.2, 0) is 45.9 Å². The Morgan fingerprint density at radius 2 is 0.861 bits per heavy atom. The molecule has 0 radical (unpaired) electrons. The molecule has 0 aliphatic heterocycles. The molecule has 6 rings (SSSR count). The number of hydrogen-bond donors (Lipinski definition) is 3. The molecule has 0 aliphatic rings. The maximum absolute atomic E-state index is 15.9. The average molecular weight is 1170 g/mol. The Labute approximate surface area is 462 Å². The van der Waals surface area contributed by atoms with E-state index in [9.17, 15) is 39.9 Å². The predicted octanol–water partition coefficient (Wildman–Crippen LogP) is 15.4. The largest absolute Gasteiger partial charge is 0.542 e. The van der Waals surface area contributed by atoms with Crippen LogP contribution in [0.5, 0.6) is 23.0 Å². The van der Waals surface area contributed by atoms with E-state index in [-0.39, 0.29) is 49.7 Å². The molecule has 0 unspecified atom stereocenters. The van der Waals surface area contributed by atoms with Gasteiger partial charge in [-0.1, -0.05) is 93.6 Å². The van der Waals surface area contributed by atoms with Crippen molar-refractivity contribution in [1.82, 2.24) is 9.44 Å². The summed E-state index contributed by atoms with van der Waals surface area (Å²) in [6, 6.07) is 32.5. The fourth-order valence-electron chi connectivity index (χ4n) is 7.68. The van der Waals surface area contributed by atoms with Crippen LogP contribution in [0.2, 0.25) is 18.1 Å².